The van der Waals surface area contributed by atoms with Crippen LogP contribution in [0.15, 0.2) is 0 Å². The van der Waals surface area contributed by atoms with E-state index < -0.39 is 0 Å². The van der Waals surface area contributed by atoms with Crippen LogP contribution in [0.25, 0.3) is 0 Å². The molecule has 98 valence electrons. The number of nitrogens with one attached hydrogen (secondary N) is 1. The number of rotatable bonds is 4. The zero-order valence-corrected chi connectivity index (χ0v) is 11.6. The quantitative estimate of drug-likeness (QED) is 0.831. The van der Waals surface area contributed by atoms with E-state index in [-0.39, 0.29) is 0 Å². The van der Waals surface area contributed by atoms with E-state index in [4.69, 9.17) is 0 Å². The van der Waals surface area contributed by atoms with Crippen molar-refractivity contribution in [3.8, 4) is 0 Å². The maximum atomic E-state index is 11.9. The fourth-order valence-electron chi connectivity index (χ4n) is 3.01. The molecule has 2 fully saturated rings. The second kappa shape index (κ2) is 6.64. The summed E-state index contributed by atoms with van der Waals surface area (Å²) in [6, 6.07) is 0.735. The largest absolute Gasteiger partial charge is 0.343 e. The van der Waals surface area contributed by atoms with Gasteiger partial charge in [-0.2, -0.15) is 11.8 Å². The van der Waals surface area contributed by atoms with Gasteiger partial charge < -0.3 is 10.2 Å². The van der Waals surface area contributed by atoms with Crippen molar-refractivity contribution in [2.24, 2.45) is 5.92 Å². The summed E-state index contributed by atoms with van der Waals surface area (Å²) >= 11 is 1.76. The Labute approximate surface area is 109 Å². The SMILES string of the molecule is CSCCC(=O)N1CCC(C2CCCN2)CC1. The molecule has 2 rings (SSSR count). The number of thioether (sulfide) groups is 1. The van der Waals surface area contributed by atoms with Crippen LogP contribution in [-0.2, 0) is 4.79 Å². The van der Waals surface area contributed by atoms with Crippen molar-refractivity contribution in [1.29, 1.82) is 0 Å². The number of carbonyl (C=O) groups is 1. The fraction of sp³-hybridized carbons (Fsp3) is 0.923. The highest BCUT2D eigenvalue weighted by Gasteiger charge is 2.29. The summed E-state index contributed by atoms with van der Waals surface area (Å²) in [6.45, 7) is 3.16. The van der Waals surface area contributed by atoms with Gasteiger partial charge in [0, 0.05) is 31.3 Å². The molecule has 3 nitrogen and oxygen atoms in total. The lowest BCUT2D eigenvalue weighted by Crippen LogP contribution is -2.43. The molecule has 2 aliphatic rings. The number of hydrogen-bond acceptors (Lipinski definition) is 3. The Balaban J connectivity index is 1.71. The van der Waals surface area contributed by atoms with Crippen molar-refractivity contribution in [1.82, 2.24) is 10.2 Å². The van der Waals surface area contributed by atoms with E-state index in [1.807, 2.05) is 0 Å². The fourth-order valence-corrected chi connectivity index (χ4v) is 3.39. The van der Waals surface area contributed by atoms with Crippen LogP contribution in [0.5, 0.6) is 0 Å². The Morgan fingerprint density at radius 3 is 2.71 bits per heavy atom. The topological polar surface area (TPSA) is 32.3 Å². The molecule has 1 unspecified atom stereocenters. The molecule has 0 aromatic rings. The summed E-state index contributed by atoms with van der Waals surface area (Å²) in [4.78, 5) is 14.0. The van der Waals surface area contributed by atoms with Gasteiger partial charge in [-0.05, 0) is 44.4 Å². The monoisotopic (exact) mass is 256 g/mol. The molecule has 17 heavy (non-hydrogen) atoms. The van der Waals surface area contributed by atoms with Gasteiger partial charge in [-0.25, -0.2) is 0 Å². The smallest absolute Gasteiger partial charge is 0.223 e. The molecule has 1 amide bonds. The summed E-state index contributed by atoms with van der Waals surface area (Å²) < 4.78 is 0. The number of piperidine rings is 1. The number of carbonyl (C=O) groups excluding carboxylic acids is 1. The highest BCUT2D eigenvalue weighted by atomic mass is 32.2. The first-order valence-corrected chi connectivity index (χ1v) is 8.20. The van der Waals surface area contributed by atoms with Gasteiger partial charge >= 0.3 is 0 Å². The number of amides is 1. The second-order valence-corrected chi connectivity index (χ2v) is 6.15. The lowest BCUT2D eigenvalue weighted by Gasteiger charge is -2.35. The molecule has 2 heterocycles. The zero-order valence-electron chi connectivity index (χ0n) is 10.8. The van der Waals surface area contributed by atoms with Crippen LogP contribution in [0, 0.1) is 5.92 Å². The van der Waals surface area contributed by atoms with Crippen LogP contribution in [0.4, 0.5) is 0 Å². The van der Waals surface area contributed by atoms with Crippen LogP contribution in [0.2, 0.25) is 0 Å². The molecule has 2 saturated heterocycles. The van der Waals surface area contributed by atoms with Crippen molar-refractivity contribution in [3.05, 3.63) is 0 Å². The second-order valence-electron chi connectivity index (χ2n) is 5.16. The third-order valence-corrected chi connectivity index (χ3v) is 4.69. The lowest BCUT2D eigenvalue weighted by atomic mass is 9.88. The van der Waals surface area contributed by atoms with Gasteiger partial charge in [0.25, 0.3) is 0 Å². The van der Waals surface area contributed by atoms with Gasteiger partial charge in [0.1, 0.15) is 0 Å². The standard InChI is InChI=1S/C13H24N2OS/c1-17-10-6-13(16)15-8-4-11(5-9-15)12-3-2-7-14-12/h11-12,14H,2-10H2,1H3. The predicted octanol–water partition coefficient (Wildman–Crippen LogP) is 1.73. The molecular formula is C13H24N2OS. The van der Waals surface area contributed by atoms with Crippen LogP contribution >= 0.6 is 11.8 Å². The number of nitrogens with zero attached hydrogens (tertiary/aromatic N) is 1. The first kappa shape index (κ1) is 13.2. The molecule has 0 saturated carbocycles. The summed E-state index contributed by atoms with van der Waals surface area (Å²) in [5.41, 5.74) is 0. The maximum Gasteiger partial charge on any atom is 0.223 e. The maximum absolute atomic E-state index is 11.9. The molecule has 1 N–H and O–H groups in total. The third-order valence-electron chi connectivity index (χ3n) is 4.08. The van der Waals surface area contributed by atoms with Gasteiger partial charge in [-0.15, -0.1) is 0 Å². The van der Waals surface area contributed by atoms with Gasteiger partial charge in [-0.1, -0.05) is 0 Å². The molecule has 0 aromatic carbocycles. The van der Waals surface area contributed by atoms with Crippen molar-refractivity contribution in [2.45, 2.75) is 38.1 Å². The normalized spacial score (nSPS) is 26.4. The summed E-state index contributed by atoms with van der Waals surface area (Å²) in [7, 11) is 0. The molecule has 1 atom stereocenters. The Morgan fingerprint density at radius 1 is 1.35 bits per heavy atom. The highest BCUT2D eigenvalue weighted by molar-refractivity contribution is 7.98. The highest BCUT2D eigenvalue weighted by Crippen LogP contribution is 2.25. The minimum absolute atomic E-state index is 0.359. The van der Waals surface area contributed by atoms with E-state index in [0.717, 1.165) is 30.8 Å². The molecule has 0 aromatic heterocycles. The van der Waals surface area contributed by atoms with Crippen LogP contribution in [0.1, 0.15) is 32.1 Å². The molecule has 2 aliphatic heterocycles. The van der Waals surface area contributed by atoms with E-state index in [2.05, 4.69) is 16.5 Å². The summed E-state index contributed by atoms with van der Waals surface area (Å²) in [6.07, 6.45) is 7.84. The van der Waals surface area contributed by atoms with E-state index in [9.17, 15) is 4.79 Å². The Bertz CT molecular complexity index is 246. The molecule has 4 heteroatoms. The number of hydrogen-bond donors (Lipinski definition) is 1. The average molecular weight is 256 g/mol. The minimum atomic E-state index is 0.359. The van der Waals surface area contributed by atoms with Crippen LogP contribution in [-0.4, -0.2) is 48.5 Å². The zero-order chi connectivity index (χ0) is 12.1. The van der Waals surface area contributed by atoms with Gasteiger partial charge in [0.05, 0.1) is 0 Å². The third kappa shape index (κ3) is 3.62. The Kier molecular flexibility index (Phi) is 5.16. The Morgan fingerprint density at radius 2 is 2.12 bits per heavy atom. The molecule has 0 radical (unpaired) electrons. The van der Waals surface area contributed by atoms with E-state index in [1.54, 1.807) is 11.8 Å². The molecule has 0 aliphatic carbocycles. The molecule has 0 spiro atoms. The van der Waals surface area contributed by atoms with Crippen molar-refractivity contribution in [3.63, 3.8) is 0 Å². The predicted molar refractivity (Wildman–Crippen MR) is 73.3 cm³/mol. The minimum Gasteiger partial charge on any atom is -0.343 e. The van der Waals surface area contributed by atoms with E-state index >= 15 is 0 Å². The van der Waals surface area contributed by atoms with Crippen molar-refractivity contribution >= 4 is 17.7 Å². The Hall–Kier alpha value is -0.220. The number of likely N-dealkylation sites (tertiary alicyclic amines) is 1. The van der Waals surface area contributed by atoms with E-state index in [0.29, 0.717) is 12.3 Å². The van der Waals surface area contributed by atoms with Gasteiger partial charge in [0.15, 0.2) is 0 Å². The van der Waals surface area contributed by atoms with E-state index in [1.165, 1.54) is 32.2 Å². The van der Waals surface area contributed by atoms with Crippen LogP contribution in [0.3, 0.4) is 0 Å². The first-order valence-electron chi connectivity index (χ1n) is 6.81. The lowest BCUT2D eigenvalue weighted by molar-refractivity contribution is -0.132. The first-order chi connectivity index (χ1) is 8.31. The molecule has 0 bridgehead atoms. The molecular weight excluding hydrogens is 232 g/mol. The van der Waals surface area contributed by atoms with Crippen molar-refractivity contribution < 1.29 is 4.79 Å². The van der Waals surface area contributed by atoms with Crippen molar-refractivity contribution in [2.75, 3.05) is 31.6 Å². The van der Waals surface area contributed by atoms with Gasteiger partial charge in [-0.3, -0.25) is 4.79 Å². The van der Waals surface area contributed by atoms with Crippen LogP contribution < -0.4 is 5.32 Å². The van der Waals surface area contributed by atoms with Gasteiger partial charge in [0.2, 0.25) is 5.91 Å². The average Bonchev–Trinajstić information content (AvgIpc) is 2.90. The summed E-state index contributed by atoms with van der Waals surface area (Å²) in [5, 5.41) is 3.60. The summed E-state index contributed by atoms with van der Waals surface area (Å²) in [5.74, 6) is 2.13.